The van der Waals surface area contributed by atoms with E-state index in [9.17, 15) is 4.79 Å². The van der Waals surface area contributed by atoms with Crippen molar-refractivity contribution in [2.75, 3.05) is 13.7 Å². The Bertz CT molecular complexity index is 1010. The maximum Gasteiger partial charge on any atom is 0.338 e. The molecule has 156 valence electrons. The van der Waals surface area contributed by atoms with E-state index < -0.39 is 0 Å². The van der Waals surface area contributed by atoms with Gasteiger partial charge in [-0.2, -0.15) is 5.10 Å². The van der Waals surface area contributed by atoms with Gasteiger partial charge in [0.2, 0.25) is 0 Å². The third-order valence-electron chi connectivity index (χ3n) is 5.20. The van der Waals surface area contributed by atoms with Crippen LogP contribution in [0.5, 0.6) is 5.75 Å². The summed E-state index contributed by atoms with van der Waals surface area (Å²) < 4.78 is 18.4. The molecule has 0 bridgehead atoms. The zero-order valence-corrected chi connectivity index (χ0v) is 17.2. The summed E-state index contributed by atoms with van der Waals surface area (Å²) in [5.41, 5.74) is 4.15. The van der Waals surface area contributed by atoms with E-state index >= 15 is 0 Å². The number of carbonyl (C=O) groups is 1. The normalized spacial score (nSPS) is 16.3. The van der Waals surface area contributed by atoms with Crippen LogP contribution in [0.15, 0.2) is 48.8 Å². The summed E-state index contributed by atoms with van der Waals surface area (Å²) in [6.07, 6.45) is 6.66. The number of nitrogens with zero attached hydrogens (tertiary/aromatic N) is 3. The van der Waals surface area contributed by atoms with Gasteiger partial charge in [-0.3, -0.25) is 4.98 Å². The number of esters is 1. The molecule has 2 aromatic heterocycles. The first kappa shape index (κ1) is 20.1. The van der Waals surface area contributed by atoms with E-state index in [2.05, 4.69) is 10.1 Å². The van der Waals surface area contributed by atoms with E-state index in [0.29, 0.717) is 17.9 Å². The lowest BCUT2D eigenvalue weighted by atomic mass is 10.1. The maximum atomic E-state index is 11.7. The highest BCUT2D eigenvalue weighted by atomic mass is 16.5. The van der Waals surface area contributed by atoms with Crippen molar-refractivity contribution in [3.8, 4) is 17.1 Å². The van der Waals surface area contributed by atoms with Crippen LogP contribution in [-0.2, 0) is 16.1 Å². The number of pyridine rings is 1. The largest absolute Gasteiger partial charge is 0.487 e. The first-order chi connectivity index (χ1) is 14.7. The zero-order chi connectivity index (χ0) is 20.9. The topological polar surface area (TPSA) is 75.5 Å². The molecule has 1 aliphatic heterocycles. The summed E-state index contributed by atoms with van der Waals surface area (Å²) >= 11 is 0. The fourth-order valence-electron chi connectivity index (χ4n) is 3.60. The summed E-state index contributed by atoms with van der Waals surface area (Å²) in [7, 11) is 1.38. The van der Waals surface area contributed by atoms with Crippen LogP contribution in [-0.4, -0.2) is 34.5 Å². The summed E-state index contributed by atoms with van der Waals surface area (Å²) in [4.78, 5) is 16.3. The second kappa shape index (κ2) is 9.09. The molecular weight excluding hydrogens is 382 g/mol. The van der Waals surface area contributed by atoms with Crippen LogP contribution in [0.25, 0.3) is 11.4 Å². The van der Waals surface area contributed by atoms with Crippen LogP contribution in [0.3, 0.4) is 0 Å². The molecule has 1 aliphatic rings. The van der Waals surface area contributed by atoms with Crippen LogP contribution in [0.4, 0.5) is 0 Å². The van der Waals surface area contributed by atoms with Gasteiger partial charge in [0.1, 0.15) is 12.4 Å². The SMILES string of the molecule is COC(=O)c1ccc(COc2ccc(-c3ccnn3C3CCCCO3)nc2)cc1C. The van der Waals surface area contributed by atoms with Gasteiger partial charge in [0, 0.05) is 12.8 Å². The molecule has 0 N–H and O–H groups in total. The molecule has 3 aromatic rings. The van der Waals surface area contributed by atoms with Crippen LogP contribution in [0.2, 0.25) is 0 Å². The second-order valence-corrected chi connectivity index (χ2v) is 7.29. The monoisotopic (exact) mass is 407 g/mol. The Labute approximate surface area is 175 Å². The first-order valence-electron chi connectivity index (χ1n) is 10.1. The lowest BCUT2D eigenvalue weighted by molar-refractivity contribution is -0.0384. The molecule has 7 heteroatoms. The fourth-order valence-corrected chi connectivity index (χ4v) is 3.60. The molecule has 30 heavy (non-hydrogen) atoms. The molecule has 1 fully saturated rings. The summed E-state index contributed by atoms with van der Waals surface area (Å²) in [6.45, 7) is 3.03. The highest BCUT2D eigenvalue weighted by Crippen LogP contribution is 2.28. The van der Waals surface area contributed by atoms with Crippen molar-refractivity contribution in [2.45, 2.75) is 39.0 Å². The zero-order valence-electron chi connectivity index (χ0n) is 17.2. The van der Waals surface area contributed by atoms with Gasteiger partial charge in [0.05, 0.1) is 30.3 Å². The molecule has 0 saturated carbocycles. The van der Waals surface area contributed by atoms with E-state index in [1.54, 1.807) is 18.5 Å². The lowest BCUT2D eigenvalue weighted by Gasteiger charge is -2.24. The van der Waals surface area contributed by atoms with Crippen LogP contribution >= 0.6 is 0 Å². The molecule has 0 spiro atoms. The number of benzene rings is 1. The number of aryl methyl sites for hydroxylation is 1. The Morgan fingerprint density at radius 1 is 1.23 bits per heavy atom. The van der Waals surface area contributed by atoms with E-state index in [0.717, 1.165) is 48.4 Å². The van der Waals surface area contributed by atoms with Crippen molar-refractivity contribution in [1.82, 2.24) is 14.8 Å². The Balaban J connectivity index is 1.42. The van der Waals surface area contributed by atoms with E-state index in [1.165, 1.54) is 7.11 Å². The highest BCUT2D eigenvalue weighted by Gasteiger charge is 2.20. The molecule has 1 saturated heterocycles. The average molecular weight is 407 g/mol. The molecule has 1 unspecified atom stereocenters. The van der Waals surface area contributed by atoms with E-state index in [-0.39, 0.29) is 12.2 Å². The summed E-state index contributed by atoms with van der Waals surface area (Å²) in [6, 6.07) is 11.3. The Morgan fingerprint density at radius 2 is 2.13 bits per heavy atom. The van der Waals surface area contributed by atoms with Crippen LogP contribution in [0.1, 0.15) is 47.0 Å². The number of methoxy groups -OCH3 is 1. The molecule has 0 aliphatic carbocycles. The standard InChI is InChI=1S/C23H25N3O4/c1-16-13-17(6-8-19(16)23(27)28-2)15-30-18-7-9-20(24-14-18)21-10-11-25-26(21)22-5-3-4-12-29-22/h6-11,13-14,22H,3-5,12,15H2,1-2H3. The molecule has 4 rings (SSSR count). The van der Waals surface area contributed by atoms with Crippen molar-refractivity contribution < 1.29 is 19.0 Å². The first-order valence-corrected chi connectivity index (χ1v) is 10.1. The quantitative estimate of drug-likeness (QED) is 0.567. The van der Waals surface area contributed by atoms with E-state index in [4.69, 9.17) is 14.2 Å². The third-order valence-corrected chi connectivity index (χ3v) is 5.20. The van der Waals surface area contributed by atoms with Crippen LogP contribution < -0.4 is 4.74 Å². The van der Waals surface area contributed by atoms with Crippen molar-refractivity contribution in [3.63, 3.8) is 0 Å². The molecule has 1 aromatic carbocycles. The van der Waals surface area contributed by atoms with Crippen molar-refractivity contribution in [2.24, 2.45) is 0 Å². The Hall–Kier alpha value is -3.19. The van der Waals surface area contributed by atoms with Gasteiger partial charge in [0.25, 0.3) is 0 Å². The van der Waals surface area contributed by atoms with E-state index in [1.807, 2.05) is 41.9 Å². The highest BCUT2D eigenvalue weighted by molar-refractivity contribution is 5.90. The van der Waals surface area contributed by atoms with Crippen molar-refractivity contribution >= 4 is 5.97 Å². The molecule has 0 amide bonds. The molecule has 1 atom stereocenters. The second-order valence-electron chi connectivity index (χ2n) is 7.29. The molecule has 3 heterocycles. The predicted molar refractivity (Wildman–Crippen MR) is 111 cm³/mol. The molecule has 0 radical (unpaired) electrons. The van der Waals surface area contributed by atoms with Crippen molar-refractivity contribution in [3.05, 3.63) is 65.5 Å². The number of hydrogen-bond donors (Lipinski definition) is 0. The predicted octanol–water partition coefficient (Wildman–Crippen LogP) is 4.32. The van der Waals surface area contributed by atoms with Crippen LogP contribution in [0, 0.1) is 6.92 Å². The Kier molecular flexibility index (Phi) is 6.09. The minimum absolute atomic E-state index is 0.0299. The minimum atomic E-state index is -0.336. The smallest absolute Gasteiger partial charge is 0.338 e. The number of hydrogen-bond acceptors (Lipinski definition) is 6. The van der Waals surface area contributed by atoms with Gasteiger partial charge in [0.15, 0.2) is 6.23 Å². The van der Waals surface area contributed by atoms with Gasteiger partial charge in [-0.1, -0.05) is 12.1 Å². The average Bonchev–Trinajstić information content (AvgIpc) is 3.28. The third kappa shape index (κ3) is 4.36. The summed E-state index contributed by atoms with van der Waals surface area (Å²) in [5.74, 6) is 0.339. The maximum absolute atomic E-state index is 11.7. The Morgan fingerprint density at radius 3 is 2.83 bits per heavy atom. The fraction of sp³-hybridized carbons (Fsp3) is 0.348. The summed E-state index contributed by atoms with van der Waals surface area (Å²) in [5, 5.41) is 4.44. The van der Waals surface area contributed by atoms with Gasteiger partial charge < -0.3 is 14.2 Å². The van der Waals surface area contributed by atoms with Gasteiger partial charge in [-0.15, -0.1) is 0 Å². The number of ether oxygens (including phenoxy) is 3. The lowest BCUT2D eigenvalue weighted by Crippen LogP contribution is -2.20. The number of rotatable bonds is 6. The number of aromatic nitrogens is 3. The van der Waals surface area contributed by atoms with Gasteiger partial charge >= 0.3 is 5.97 Å². The van der Waals surface area contributed by atoms with Crippen molar-refractivity contribution in [1.29, 1.82) is 0 Å². The number of carbonyl (C=O) groups excluding carboxylic acids is 1. The molecular formula is C23H25N3O4. The van der Waals surface area contributed by atoms with Gasteiger partial charge in [-0.25, -0.2) is 9.48 Å². The molecule has 7 nitrogen and oxygen atoms in total. The van der Waals surface area contributed by atoms with Gasteiger partial charge in [-0.05, 0) is 61.6 Å². The minimum Gasteiger partial charge on any atom is -0.487 e.